The van der Waals surface area contributed by atoms with Crippen molar-refractivity contribution in [1.82, 2.24) is 9.97 Å². The molecule has 0 unspecified atom stereocenters. The van der Waals surface area contributed by atoms with Crippen molar-refractivity contribution in [2.45, 2.75) is 26.7 Å². The monoisotopic (exact) mass is 257 g/mol. The van der Waals surface area contributed by atoms with E-state index in [0.717, 1.165) is 22.6 Å². The molecule has 1 aromatic heterocycles. The van der Waals surface area contributed by atoms with Crippen LogP contribution in [0.4, 0.5) is 17.3 Å². The van der Waals surface area contributed by atoms with Gasteiger partial charge in [0.15, 0.2) is 0 Å². The lowest BCUT2D eigenvalue weighted by atomic mass is 10.0. The van der Waals surface area contributed by atoms with Gasteiger partial charge in [-0.15, -0.1) is 0 Å². The van der Waals surface area contributed by atoms with Crippen LogP contribution in [0.1, 0.15) is 30.9 Å². The minimum atomic E-state index is 0.263. The zero-order chi connectivity index (χ0) is 13.8. The van der Waals surface area contributed by atoms with E-state index in [1.807, 2.05) is 18.2 Å². The lowest BCUT2D eigenvalue weighted by molar-refractivity contribution is 0.850. The number of hydrazine groups is 1. The molecule has 0 aliphatic heterocycles. The maximum absolute atomic E-state index is 5.51. The molecule has 0 atom stereocenters. The molecule has 5 nitrogen and oxygen atoms in total. The van der Waals surface area contributed by atoms with Gasteiger partial charge in [-0.1, -0.05) is 32.0 Å². The van der Waals surface area contributed by atoms with Crippen LogP contribution in [-0.4, -0.2) is 9.97 Å². The van der Waals surface area contributed by atoms with Gasteiger partial charge in [0.25, 0.3) is 0 Å². The van der Waals surface area contributed by atoms with Gasteiger partial charge in [0.05, 0.1) is 0 Å². The van der Waals surface area contributed by atoms with Gasteiger partial charge in [-0.25, -0.2) is 15.8 Å². The number of hydrogen-bond donors (Lipinski definition) is 3. The Labute approximate surface area is 113 Å². The van der Waals surface area contributed by atoms with Crippen LogP contribution in [0.3, 0.4) is 0 Å². The number of aryl methyl sites for hydroxylation is 1. The van der Waals surface area contributed by atoms with E-state index in [0.29, 0.717) is 5.82 Å². The average Bonchev–Trinajstić information content (AvgIpc) is 2.40. The molecule has 19 heavy (non-hydrogen) atoms. The van der Waals surface area contributed by atoms with Crippen molar-refractivity contribution >= 4 is 17.3 Å². The normalized spacial score (nSPS) is 10.6. The summed E-state index contributed by atoms with van der Waals surface area (Å²) in [5.74, 6) is 7.21. The molecule has 1 aromatic carbocycles. The van der Waals surface area contributed by atoms with Crippen LogP contribution in [0.2, 0.25) is 0 Å². The first-order valence-corrected chi connectivity index (χ1v) is 6.27. The van der Waals surface area contributed by atoms with Gasteiger partial charge in [-0.3, -0.25) is 0 Å². The van der Waals surface area contributed by atoms with Gasteiger partial charge in [0, 0.05) is 11.3 Å². The van der Waals surface area contributed by atoms with E-state index in [1.165, 1.54) is 6.33 Å². The number of nitrogens with one attached hydrogen (secondary N) is 2. The molecular weight excluding hydrogens is 238 g/mol. The lowest BCUT2D eigenvalue weighted by Crippen LogP contribution is -2.14. The molecule has 0 spiro atoms. The smallest absolute Gasteiger partial charge is 0.148 e. The number of rotatable bonds is 4. The van der Waals surface area contributed by atoms with Crippen LogP contribution in [-0.2, 0) is 0 Å². The van der Waals surface area contributed by atoms with Crippen LogP contribution in [0.15, 0.2) is 30.6 Å². The summed E-state index contributed by atoms with van der Waals surface area (Å²) in [6, 6.07) is 8.09. The third-order valence-electron chi connectivity index (χ3n) is 3.00. The van der Waals surface area contributed by atoms with Crippen molar-refractivity contribution in [1.29, 1.82) is 0 Å². The topological polar surface area (TPSA) is 75.9 Å². The molecule has 1 heterocycles. The Balaban J connectivity index is 2.43. The highest BCUT2D eigenvalue weighted by atomic mass is 15.3. The standard InChI is InChI=1S/C14H19N5/c1-9(2)12-13(16-8-17-14(12)19-15)18-11-7-5-4-6-10(11)3/h4-9H,15H2,1-3H3,(H2,16,17,18,19). The number of para-hydroxylation sites is 1. The third-order valence-corrected chi connectivity index (χ3v) is 3.00. The fourth-order valence-electron chi connectivity index (χ4n) is 2.00. The molecule has 0 amide bonds. The molecule has 100 valence electrons. The summed E-state index contributed by atoms with van der Waals surface area (Å²) in [6.07, 6.45) is 1.50. The van der Waals surface area contributed by atoms with Crippen molar-refractivity contribution in [3.8, 4) is 0 Å². The summed E-state index contributed by atoms with van der Waals surface area (Å²) in [5.41, 5.74) is 5.80. The zero-order valence-electron chi connectivity index (χ0n) is 11.4. The van der Waals surface area contributed by atoms with E-state index in [2.05, 4.69) is 47.5 Å². The molecular formula is C14H19N5. The summed E-state index contributed by atoms with van der Waals surface area (Å²) in [6.45, 7) is 6.23. The first kappa shape index (κ1) is 13.3. The molecule has 0 fully saturated rings. The Bertz CT molecular complexity index is 566. The molecule has 4 N–H and O–H groups in total. The average molecular weight is 257 g/mol. The first-order valence-electron chi connectivity index (χ1n) is 6.27. The highest BCUT2D eigenvalue weighted by Crippen LogP contribution is 2.30. The van der Waals surface area contributed by atoms with Gasteiger partial charge in [0.1, 0.15) is 18.0 Å². The number of nitrogen functional groups attached to an aromatic ring is 1. The number of nitrogens with two attached hydrogens (primary N) is 1. The van der Waals surface area contributed by atoms with Crippen molar-refractivity contribution in [3.63, 3.8) is 0 Å². The van der Waals surface area contributed by atoms with Crippen LogP contribution in [0.5, 0.6) is 0 Å². The van der Waals surface area contributed by atoms with Gasteiger partial charge in [-0.05, 0) is 24.5 Å². The quantitative estimate of drug-likeness (QED) is 0.580. The molecule has 0 saturated heterocycles. The summed E-state index contributed by atoms with van der Waals surface area (Å²) < 4.78 is 0. The molecule has 2 aromatic rings. The Morgan fingerprint density at radius 3 is 2.42 bits per heavy atom. The van der Waals surface area contributed by atoms with Crippen molar-refractivity contribution in [2.75, 3.05) is 10.7 Å². The Hall–Kier alpha value is -2.14. The first-order chi connectivity index (χ1) is 9.13. The number of anilines is 3. The van der Waals surface area contributed by atoms with Crippen LogP contribution in [0.25, 0.3) is 0 Å². The Morgan fingerprint density at radius 2 is 1.79 bits per heavy atom. The van der Waals surface area contributed by atoms with Crippen molar-refractivity contribution < 1.29 is 0 Å². The maximum atomic E-state index is 5.51. The fourth-order valence-corrected chi connectivity index (χ4v) is 2.00. The zero-order valence-corrected chi connectivity index (χ0v) is 11.4. The lowest BCUT2D eigenvalue weighted by Gasteiger charge is -2.17. The second-order valence-electron chi connectivity index (χ2n) is 4.72. The molecule has 2 rings (SSSR count). The third kappa shape index (κ3) is 2.82. The summed E-state index contributed by atoms with van der Waals surface area (Å²) in [5, 5.41) is 3.35. The minimum absolute atomic E-state index is 0.263. The van der Waals surface area contributed by atoms with E-state index in [-0.39, 0.29) is 5.92 Å². The highest BCUT2D eigenvalue weighted by molar-refractivity contribution is 5.67. The second kappa shape index (κ2) is 5.67. The predicted molar refractivity (Wildman–Crippen MR) is 78.4 cm³/mol. The second-order valence-corrected chi connectivity index (χ2v) is 4.72. The summed E-state index contributed by atoms with van der Waals surface area (Å²) >= 11 is 0. The van der Waals surface area contributed by atoms with Gasteiger partial charge in [-0.2, -0.15) is 0 Å². The molecule has 0 aliphatic rings. The summed E-state index contributed by atoms with van der Waals surface area (Å²) in [7, 11) is 0. The fraction of sp³-hybridized carbons (Fsp3) is 0.286. The number of hydrogen-bond acceptors (Lipinski definition) is 5. The Morgan fingerprint density at radius 1 is 1.11 bits per heavy atom. The Kier molecular flexibility index (Phi) is 3.97. The number of benzene rings is 1. The molecule has 0 saturated carbocycles. The van der Waals surface area contributed by atoms with Crippen LogP contribution >= 0.6 is 0 Å². The van der Waals surface area contributed by atoms with E-state index in [9.17, 15) is 0 Å². The summed E-state index contributed by atoms with van der Waals surface area (Å²) in [4.78, 5) is 8.48. The van der Waals surface area contributed by atoms with Crippen molar-refractivity contribution in [2.24, 2.45) is 5.84 Å². The molecule has 0 radical (unpaired) electrons. The molecule has 0 bridgehead atoms. The highest BCUT2D eigenvalue weighted by Gasteiger charge is 2.14. The SMILES string of the molecule is Cc1ccccc1Nc1ncnc(NN)c1C(C)C. The number of nitrogens with zero attached hydrogens (tertiary/aromatic N) is 2. The predicted octanol–water partition coefficient (Wildman–Crippen LogP) is 2.94. The van der Waals surface area contributed by atoms with E-state index in [1.54, 1.807) is 0 Å². The van der Waals surface area contributed by atoms with Crippen LogP contribution < -0.4 is 16.6 Å². The van der Waals surface area contributed by atoms with E-state index < -0.39 is 0 Å². The molecule has 5 heteroatoms. The van der Waals surface area contributed by atoms with E-state index in [4.69, 9.17) is 5.84 Å². The van der Waals surface area contributed by atoms with E-state index >= 15 is 0 Å². The van der Waals surface area contributed by atoms with Gasteiger partial charge >= 0.3 is 0 Å². The largest absolute Gasteiger partial charge is 0.340 e. The molecule has 0 aliphatic carbocycles. The van der Waals surface area contributed by atoms with Gasteiger partial charge < -0.3 is 10.7 Å². The number of aromatic nitrogens is 2. The van der Waals surface area contributed by atoms with Crippen LogP contribution in [0, 0.1) is 6.92 Å². The van der Waals surface area contributed by atoms with Gasteiger partial charge in [0.2, 0.25) is 0 Å². The maximum Gasteiger partial charge on any atom is 0.148 e. The van der Waals surface area contributed by atoms with Crippen molar-refractivity contribution in [3.05, 3.63) is 41.7 Å². The minimum Gasteiger partial charge on any atom is -0.340 e.